The fourth-order valence-electron chi connectivity index (χ4n) is 4.82. The lowest BCUT2D eigenvalue weighted by molar-refractivity contribution is 0.0365. The van der Waals surface area contributed by atoms with Crippen molar-refractivity contribution >= 4 is 16.7 Å². The summed E-state index contributed by atoms with van der Waals surface area (Å²) >= 11 is 0. The molecule has 6 nitrogen and oxygen atoms in total. The monoisotopic (exact) mass is 484 g/mol. The van der Waals surface area contributed by atoms with Crippen molar-refractivity contribution in [3.05, 3.63) is 95.2 Å². The summed E-state index contributed by atoms with van der Waals surface area (Å²) in [6.07, 6.45) is 0. The number of morpholine rings is 1. The Morgan fingerprint density at radius 1 is 0.917 bits per heavy atom. The molecule has 1 saturated heterocycles. The third-order valence-electron chi connectivity index (χ3n) is 6.87. The summed E-state index contributed by atoms with van der Waals surface area (Å²) in [6.45, 7) is 7.63. The van der Waals surface area contributed by atoms with Crippen LogP contribution in [0.4, 0.5) is 0 Å². The number of nitrogens with zero attached hydrogens (tertiary/aromatic N) is 2. The van der Waals surface area contributed by atoms with Gasteiger partial charge in [-0.15, -0.1) is 0 Å². The Morgan fingerprint density at radius 2 is 1.64 bits per heavy atom. The Hall–Kier alpha value is -3.61. The van der Waals surface area contributed by atoms with Gasteiger partial charge in [0, 0.05) is 48.9 Å². The highest BCUT2D eigenvalue weighted by Crippen LogP contribution is 2.32. The van der Waals surface area contributed by atoms with Crippen LogP contribution in [0.1, 0.15) is 27.2 Å². The van der Waals surface area contributed by atoms with E-state index < -0.39 is 0 Å². The first-order valence-electron chi connectivity index (χ1n) is 12.4. The largest absolute Gasteiger partial charge is 0.497 e. The van der Waals surface area contributed by atoms with Gasteiger partial charge in [0.25, 0.3) is 0 Å². The normalized spacial score (nSPS) is 14.2. The number of ketones is 1. The van der Waals surface area contributed by atoms with E-state index in [1.807, 2.05) is 61.5 Å². The van der Waals surface area contributed by atoms with E-state index in [9.17, 15) is 4.79 Å². The van der Waals surface area contributed by atoms with Crippen LogP contribution < -0.4 is 9.47 Å². The minimum atomic E-state index is 0.0169. The number of carbonyl (C=O) groups excluding carboxylic acids is 1. The van der Waals surface area contributed by atoms with Crippen LogP contribution in [0.15, 0.2) is 72.8 Å². The summed E-state index contributed by atoms with van der Waals surface area (Å²) in [5, 5.41) is 0.947. The summed E-state index contributed by atoms with van der Waals surface area (Å²) in [5.74, 6) is 1.54. The fourth-order valence-corrected chi connectivity index (χ4v) is 4.82. The molecule has 0 spiro atoms. The molecule has 1 fully saturated rings. The quantitative estimate of drug-likeness (QED) is 0.310. The topological polar surface area (TPSA) is 52.9 Å². The average molecular weight is 485 g/mol. The first kappa shape index (κ1) is 24.1. The molecule has 0 radical (unpaired) electrons. The van der Waals surface area contributed by atoms with Crippen LogP contribution in [0, 0.1) is 6.92 Å². The van der Waals surface area contributed by atoms with Crippen molar-refractivity contribution in [2.45, 2.75) is 20.1 Å². The van der Waals surface area contributed by atoms with Gasteiger partial charge in [-0.1, -0.05) is 30.3 Å². The Labute approximate surface area is 212 Å². The number of carbonyl (C=O) groups is 1. The molecule has 2 heterocycles. The third-order valence-corrected chi connectivity index (χ3v) is 6.87. The minimum Gasteiger partial charge on any atom is -0.497 e. The number of hydrogen-bond donors (Lipinski definition) is 0. The molecule has 1 aromatic heterocycles. The van der Waals surface area contributed by atoms with E-state index in [4.69, 9.17) is 14.2 Å². The van der Waals surface area contributed by atoms with Crippen LogP contribution in [0.25, 0.3) is 10.9 Å². The molecule has 0 bridgehead atoms. The van der Waals surface area contributed by atoms with Crippen molar-refractivity contribution < 1.29 is 19.0 Å². The SMILES string of the molecule is COc1ccc(C(=O)c2c(C)n(CCN3CCOCC3)c3cc(OCc4ccccc4)ccc23)cc1. The molecular formula is C30H32N2O4. The molecule has 5 rings (SSSR count). The summed E-state index contributed by atoms with van der Waals surface area (Å²) in [7, 11) is 1.63. The Morgan fingerprint density at radius 3 is 2.36 bits per heavy atom. The van der Waals surface area contributed by atoms with Gasteiger partial charge in [0.1, 0.15) is 18.1 Å². The molecule has 3 aromatic carbocycles. The molecule has 0 atom stereocenters. The molecule has 186 valence electrons. The van der Waals surface area contributed by atoms with Gasteiger partial charge in [-0.05, 0) is 48.9 Å². The molecular weight excluding hydrogens is 452 g/mol. The summed E-state index contributed by atoms with van der Waals surface area (Å²) in [4.78, 5) is 16.1. The van der Waals surface area contributed by atoms with E-state index in [1.165, 1.54) is 0 Å². The number of hydrogen-bond acceptors (Lipinski definition) is 5. The molecule has 36 heavy (non-hydrogen) atoms. The van der Waals surface area contributed by atoms with Crippen LogP contribution in [-0.2, 0) is 17.9 Å². The summed E-state index contributed by atoms with van der Waals surface area (Å²) in [6, 6.07) is 23.5. The highest BCUT2D eigenvalue weighted by molar-refractivity contribution is 6.17. The number of benzene rings is 3. The highest BCUT2D eigenvalue weighted by atomic mass is 16.5. The minimum absolute atomic E-state index is 0.0169. The predicted octanol–water partition coefficient (Wildman–Crippen LogP) is 5.10. The molecule has 0 saturated carbocycles. The zero-order valence-corrected chi connectivity index (χ0v) is 20.9. The first-order valence-corrected chi connectivity index (χ1v) is 12.4. The van der Waals surface area contributed by atoms with Gasteiger partial charge in [-0.3, -0.25) is 9.69 Å². The maximum atomic E-state index is 13.7. The second-order valence-corrected chi connectivity index (χ2v) is 9.08. The Kier molecular flexibility index (Phi) is 7.35. The molecule has 4 aromatic rings. The zero-order valence-electron chi connectivity index (χ0n) is 20.9. The van der Waals surface area contributed by atoms with Gasteiger partial charge >= 0.3 is 0 Å². The lowest BCUT2D eigenvalue weighted by Crippen LogP contribution is -2.38. The van der Waals surface area contributed by atoms with E-state index in [1.54, 1.807) is 7.11 Å². The van der Waals surface area contributed by atoms with Crippen LogP contribution in [-0.4, -0.2) is 55.2 Å². The lowest BCUT2D eigenvalue weighted by Gasteiger charge is -2.27. The molecule has 1 aliphatic heterocycles. The van der Waals surface area contributed by atoms with Gasteiger partial charge < -0.3 is 18.8 Å². The summed E-state index contributed by atoms with van der Waals surface area (Å²) < 4.78 is 19.2. The van der Waals surface area contributed by atoms with Gasteiger partial charge in [-0.25, -0.2) is 0 Å². The van der Waals surface area contributed by atoms with E-state index in [-0.39, 0.29) is 5.78 Å². The van der Waals surface area contributed by atoms with Crippen molar-refractivity contribution in [2.75, 3.05) is 40.0 Å². The van der Waals surface area contributed by atoms with E-state index >= 15 is 0 Å². The van der Waals surface area contributed by atoms with Crippen LogP contribution >= 0.6 is 0 Å². The van der Waals surface area contributed by atoms with Crippen molar-refractivity contribution in [3.8, 4) is 11.5 Å². The van der Waals surface area contributed by atoms with Crippen molar-refractivity contribution in [1.29, 1.82) is 0 Å². The van der Waals surface area contributed by atoms with Gasteiger partial charge in [-0.2, -0.15) is 0 Å². The smallest absolute Gasteiger partial charge is 0.195 e. The number of aromatic nitrogens is 1. The predicted molar refractivity (Wildman–Crippen MR) is 141 cm³/mol. The maximum Gasteiger partial charge on any atom is 0.195 e. The number of ether oxygens (including phenoxy) is 3. The average Bonchev–Trinajstić information content (AvgIpc) is 3.21. The molecule has 0 N–H and O–H groups in total. The Bertz CT molecular complexity index is 1320. The van der Waals surface area contributed by atoms with Crippen LogP contribution in [0.2, 0.25) is 0 Å². The molecule has 0 amide bonds. The summed E-state index contributed by atoms with van der Waals surface area (Å²) in [5.41, 5.74) is 4.50. The first-order chi connectivity index (χ1) is 17.6. The zero-order chi connectivity index (χ0) is 24.9. The number of rotatable bonds is 9. The van der Waals surface area contributed by atoms with Crippen LogP contribution in [0.5, 0.6) is 11.5 Å². The third kappa shape index (κ3) is 5.15. The van der Waals surface area contributed by atoms with E-state index in [0.717, 1.165) is 78.6 Å². The second kappa shape index (κ2) is 11.0. The standard InChI is InChI=1S/C30H32N2O4/c1-22-29(30(33)24-8-10-25(34-2)11-9-24)27-13-12-26(36-21-23-6-4-3-5-7-23)20-28(27)32(22)15-14-31-16-18-35-19-17-31/h3-13,20H,14-19,21H2,1-2H3. The van der Waals surface area contributed by atoms with Crippen molar-refractivity contribution in [1.82, 2.24) is 9.47 Å². The van der Waals surface area contributed by atoms with E-state index in [2.05, 4.69) is 27.7 Å². The molecule has 1 aliphatic rings. The van der Waals surface area contributed by atoms with E-state index in [0.29, 0.717) is 12.2 Å². The molecule has 6 heteroatoms. The van der Waals surface area contributed by atoms with Crippen LogP contribution in [0.3, 0.4) is 0 Å². The Balaban J connectivity index is 1.49. The molecule has 0 unspecified atom stereocenters. The molecule has 0 aliphatic carbocycles. The fraction of sp³-hybridized carbons (Fsp3) is 0.300. The lowest BCUT2D eigenvalue weighted by atomic mass is 10.0. The van der Waals surface area contributed by atoms with Gasteiger partial charge in [0.05, 0.1) is 31.4 Å². The van der Waals surface area contributed by atoms with Gasteiger partial charge in [0.2, 0.25) is 0 Å². The second-order valence-electron chi connectivity index (χ2n) is 9.08. The number of fused-ring (bicyclic) bond motifs is 1. The van der Waals surface area contributed by atoms with Gasteiger partial charge in [0.15, 0.2) is 5.78 Å². The van der Waals surface area contributed by atoms with Crippen molar-refractivity contribution in [3.63, 3.8) is 0 Å². The number of methoxy groups -OCH3 is 1. The van der Waals surface area contributed by atoms with Crippen molar-refractivity contribution in [2.24, 2.45) is 0 Å². The highest BCUT2D eigenvalue weighted by Gasteiger charge is 2.22. The maximum absolute atomic E-state index is 13.7.